The first kappa shape index (κ1) is 17.2. The van der Waals surface area contributed by atoms with Crippen LogP contribution < -0.4 is 0 Å². The van der Waals surface area contributed by atoms with Crippen molar-refractivity contribution in [1.29, 1.82) is 0 Å². The van der Waals surface area contributed by atoms with Gasteiger partial charge in [-0.2, -0.15) is 0 Å². The topological polar surface area (TPSA) is 66.8 Å². The number of aliphatic carboxylic acids is 1. The van der Waals surface area contributed by atoms with Crippen molar-refractivity contribution in [2.24, 2.45) is 0 Å². The molecule has 0 bridgehead atoms. The molecular formula is C16H23NO4. The van der Waals surface area contributed by atoms with Crippen molar-refractivity contribution in [3.05, 3.63) is 35.4 Å². The third-order valence-electron chi connectivity index (χ3n) is 3.09. The smallest absolute Gasteiger partial charge is 0.305 e. The molecule has 1 aromatic carbocycles. The largest absolute Gasteiger partial charge is 0.481 e. The van der Waals surface area contributed by atoms with Crippen LogP contribution >= 0.6 is 0 Å². The quantitative estimate of drug-likeness (QED) is 0.875. The van der Waals surface area contributed by atoms with Gasteiger partial charge in [-0.05, 0) is 38.5 Å². The molecule has 21 heavy (non-hydrogen) atoms. The second kappa shape index (κ2) is 7.22. The van der Waals surface area contributed by atoms with Gasteiger partial charge in [-0.15, -0.1) is 0 Å². The molecule has 5 nitrogen and oxygen atoms in total. The van der Waals surface area contributed by atoms with Gasteiger partial charge in [0.15, 0.2) is 0 Å². The molecule has 0 aliphatic rings. The zero-order chi connectivity index (χ0) is 16.0. The monoisotopic (exact) mass is 293 g/mol. The van der Waals surface area contributed by atoms with Gasteiger partial charge >= 0.3 is 5.97 Å². The van der Waals surface area contributed by atoms with E-state index >= 15 is 0 Å². The average Bonchev–Trinajstić information content (AvgIpc) is 2.37. The normalized spacial score (nSPS) is 11.2. The van der Waals surface area contributed by atoms with Gasteiger partial charge in [0.25, 0.3) is 5.91 Å². The Hall–Kier alpha value is -1.88. The maximum atomic E-state index is 12.7. The number of hydrogen-bond acceptors (Lipinski definition) is 3. The molecule has 0 aromatic heterocycles. The Morgan fingerprint density at radius 3 is 2.48 bits per heavy atom. The molecule has 0 aliphatic heterocycles. The minimum atomic E-state index is -0.912. The Morgan fingerprint density at radius 1 is 1.29 bits per heavy atom. The van der Waals surface area contributed by atoms with E-state index < -0.39 is 11.5 Å². The van der Waals surface area contributed by atoms with Crippen LogP contribution in [0.3, 0.4) is 0 Å². The number of nitrogens with zero attached hydrogens (tertiary/aromatic N) is 1. The van der Waals surface area contributed by atoms with Crippen LogP contribution in [0, 0.1) is 0 Å². The van der Waals surface area contributed by atoms with E-state index in [4.69, 9.17) is 9.84 Å². The molecule has 0 radical (unpaired) electrons. The van der Waals surface area contributed by atoms with Crippen LogP contribution in [0.4, 0.5) is 0 Å². The van der Waals surface area contributed by atoms with E-state index in [-0.39, 0.29) is 18.9 Å². The molecule has 0 unspecified atom stereocenters. The van der Waals surface area contributed by atoms with Crippen LogP contribution in [0.5, 0.6) is 0 Å². The van der Waals surface area contributed by atoms with Crippen molar-refractivity contribution in [1.82, 2.24) is 4.90 Å². The Morgan fingerprint density at radius 2 is 1.95 bits per heavy atom. The second-order valence-corrected chi connectivity index (χ2v) is 5.90. The fraction of sp³-hybridized carbons (Fsp3) is 0.500. The van der Waals surface area contributed by atoms with Crippen molar-refractivity contribution in [3.63, 3.8) is 0 Å². The number of carbonyl (C=O) groups excluding carboxylic acids is 1. The summed E-state index contributed by atoms with van der Waals surface area (Å²) in [6.45, 7) is 6.31. The van der Waals surface area contributed by atoms with Crippen LogP contribution in [0.25, 0.3) is 0 Å². The van der Waals surface area contributed by atoms with Gasteiger partial charge in [-0.3, -0.25) is 9.59 Å². The fourth-order valence-electron chi connectivity index (χ4n) is 2.07. The third-order valence-corrected chi connectivity index (χ3v) is 3.09. The third kappa shape index (κ3) is 5.19. The molecule has 1 N–H and O–H groups in total. The maximum Gasteiger partial charge on any atom is 0.305 e. The standard InChI is InChI=1S/C16H23NO4/c1-16(2,3)17(9-8-14(18)19)15(20)13-7-5-6-12(10-13)11-21-4/h5-7,10H,8-9,11H2,1-4H3,(H,18,19). The summed E-state index contributed by atoms with van der Waals surface area (Å²) in [4.78, 5) is 25.0. The molecule has 0 aliphatic carbocycles. The first-order chi connectivity index (χ1) is 9.75. The summed E-state index contributed by atoms with van der Waals surface area (Å²) in [7, 11) is 1.60. The lowest BCUT2D eigenvalue weighted by molar-refractivity contribution is -0.137. The Balaban J connectivity index is 2.99. The lowest BCUT2D eigenvalue weighted by Crippen LogP contribution is -2.46. The van der Waals surface area contributed by atoms with Crippen LogP contribution in [-0.4, -0.2) is 41.1 Å². The molecule has 0 spiro atoms. The molecule has 1 amide bonds. The summed E-state index contributed by atoms with van der Waals surface area (Å²) in [6, 6.07) is 7.21. The number of carboxylic acids is 1. The predicted octanol–water partition coefficient (Wildman–Crippen LogP) is 2.55. The molecule has 5 heteroatoms. The molecule has 1 aromatic rings. The SMILES string of the molecule is COCc1cccc(C(=O)N(CCC(=O)O)C(C)(C)C)c1. The number of ether oxygens (including phenoxy) is 1. The highest BCUT2D eigenvalue weighted by molar-refractivity contribution is 5.95. The Kier molecular flexibility index (Phi) is 5.90. The van der Waals surface area contributed by atoms with Gasteiger partial charge in [0.1, 0.15) is 0 Å². The van der Waals surface area contributed by atoms with Crippen molar-refractivity contribution in [3.8, 4) is 0 Å². The number of amides is 1. The number of benzene rings is 1. The molecule has 116 valence electrons. The van der Waals surface area contributed by atoms with Gasteiger partial charge in [-0.25, -0.2) is 0 Å². The molecule has 0 saturated carbocycles. The maximum absolute atomic E-state index is 12.7. The number of carbonyl (C=O) groups is 2. The summed E-state index contributed by atoms with van der Waals surface area (Å²) < 4.78 is 5.07. The van der Waals surface area contributed by atoms with E-state index in [9.17, 15) is 9.59 Å². The summed E-state index contributed by atoms with van der Waals surface area (Å²) in [5, 5.41) is 8.84. The van der Waals surface area contributed by atoms with E-state index in [0.29, 0.717) is 12.2 Å². The molecule has 0 fully saturated rings. The van der Waals surface area contributed by atoms with Crippen LogP contribution in [0.15, 0.2) is 24.3 Å². The second-order valence-electron chi connectivity index (χ2n) is 5.90. The van der Waals surface area contributed by atoms with E-state index in [2.05, 4.69) is 0 Å². The lowest BCUT2D eigenvalue weighted by atomic mass is 10.0. The van der Waals surface area contributed by atoms with E-state index in [1.54, 1.807) is 30.2 Å². The number of rotatable bonds is 6. The summed E-state index contributed by atoms with van der Waals surface area (Å²) in [6.07, 6.45) is -0.0687. The average molecular weight is 293 g/mol. The van der Waals surface area contributed by atoms with Gasteiger partial charge in [-0.1, -0.05) is 12.1 Å². The Bertz CT molecular complexity index is 505. The van der Waals surface area contributed by atoms with Crippen molar-refractivity contribution in [2.75, 3.05) is 13.7 Å². The summed E-state index contributed by atoms with van der Waals surface area (Å²) in [5.41, 5.74) is 1.02. The van der Waals surface area contributed by atoms with Crippen molar-refractivity contribution >= 4 is 11.9 Å². The van der Waals surface area contributed by atoms with Gasteiger partial charge < -0.3 is 14.7 Å². The fourth-order valence-corrected chi connectivity index (χ4v) is 2.07. The highest BCUT2D eigenvalue weighted by atomic mass is 16.5. The van der Waals surface area contributed by atoms with E-state index in [1.807, 2.05) is 26.8 Å². The number of hydrogen-bond donors (Lipinski definition) is 1. The first-order valence-corrected chi connectivity index (χ1v) is 6.87. The zero-order valence-electron chi connectivity index (χ0n) is 13.0. The highest BCUT2D eigenvalue weighted by Gasteiger charge is 2.27. The minimum absolute atomic E-state index is 0.0687. The highest BCUT2D eigenvalue weighted by Crippen LogP contribution is 2.19. The van der Waals surface area contributed by atoms with E-state index in [1.165, 1.54) is 0 Å². The molecule has 1 rings (SSSR count). The Labute approximate surface area is 125 Å². The lowest BCUT2D eigenvalue weighted by Gasteiger charge is -2.35. The van der Waals surface area contributed by atoms with Gasteiger partial charge in [0.2, 0.25) is 0 Å². The molecule has 0 atom stereocenters. The van der Waals surface area contributed by atoms with Crippen LogP contribution in [0.1, 0.15) is 43.1 Å². The summed E-state index contributed by atoms with van der Waals surface area (Å²) in [5.74, 6) is -1.08. The molecular weight excluding hydrogens is 270 g/mol. The molecule has 0 heterocycles. The first-order valence-electron chi connectivity index (χ1n) is 6.87. The number of carboxylic acid groups (broad SMARTS) is 1. The van der Waals surface area contributed by atoms with E-state index in [0.717, 1.165) is 5.56 Å². The predicted molar refractivity (Wildman–Crippen MR) is 80.2 cm³/mol. The van der Waals surface area contributed by atoms with Crippen LogP contribution in [0.2, 0.25) is 0 Å². The summed E-state index contributed by atoms with van der Waals surface area (Å²) >= 11 is 0. The van der Waals surface area contributed by atoms with Gasteiger partial charge in [0.05, 0.1) is 13.0 Å². The number of methoxy groups -OCH3 is 1. The molecule has 0 saturated heterocycles. The van der Waals surface area contributed by atoms with Crippen molar-refractivity contribution in [2.45, 2.75) is 39.3 Å². The van der Waals surface area contributed by atoms with Gasteiger partial charge in [0, 0.05) is 24.8 Å². The zero-order valence-corrected chi connectivity index (χ0v) is 13.0. The minimum Gasteiger partial charge on any atom is -0.481 e. The van der Waals surface area contributed by atoms with Crippen LogP contribution in [-0.2, 0) is 16.1 Å². The van der Waals surface area contributed by atoms with Crippen molar-refractivity contribution < 1.29 is 19.4 Å².